The Morgan fingerprint density at radius 2 is 2.07 bits per heavy atom. The average Bonchev–Trinajstić information content (AvgIpc) is 3.34. The molecular formula is C23H29N5O2. The molecule has 1 atom stereocenters. The van der Waals surface area contributed by atoms with E-state index in [1.54, 1.807) is 6.20 Å². The Hall–Kier alpha value is -3.09. The largest absolute Gasteiger partial charge is 0.356 e. The van der Waals surface area contributed by atoms with Gasteiger partial charge in [-0.25, -0.2) is 0 Å². The summed E-state index contributed by atoms with van der Waals surface area (Å²) >= 11 is 0. The molecule has 0 spiro atoms. The van der Waals surface area contributed by atoms with Crippen LogP contribution in [-0.2, 0) is 24.3 Å². The first-order valence-corrected chi connectivity index (χ1v) is 10.7. The fourth-order valence-electron chi connectivity index (χ4n) is 4.11. The second-order valence-electron chi connectivity index (χ2n) is 8.34. The van der Waals surface area contributed by atoms with Crippen molar-refractivity contribution in [1.82, 2.24) is 25.0 Å². The van der Waals surface area contributed by atoms with E-state index in [2.05, 4.69) is 38.5 Å². The average molecular weight is 408 g/mol. The van der Waals surface area contributed by atoms with E-state index in [-0.39, 0.29) is 17.9 Å². The van der Waals surface area contributed by atoms with Gasteiger partial charge in [0.05, 0.1) is 17.5 Å². The maximum absolute atomic E-state index is 12.4. The van der Waals surface area contributed by atoms with Crippen LogP contribution in [0.1, 0.15) is 42.7 Å². The number of hydrogen-bond donors (Lipinski definition) is 2. The molecule has 1 aliphatic heterocycles. The van der Waals surface area contributed by atoms with Crippen LogP contribution in [0.3, 0.4) is 0 Å². The van der Waals surface area contributed by atoms with Gasteiger partial charge in [-0.1, -0.05) is 18.2 Å². The Labute approximate surface area is 176 Å². The molecule has 0 saturated heterocycles. The molecule has 2 N–H and O–H groups in total. The summed E-state index contributed by atoms with van der Waals surface area (Å²) in [6.45, 7) is 5.96. The topological polar surface area (TPSA) is 81.0 Å². The minimum Gasteiger partial charge on any atom is -0.356 e. The highest BCUT2D eigenvalue weighted by Crippen LogP contribution is 2.23. The quantitative estimate of drug-likeness (QED) is 0.632. The van der Waals surface area contributed by atoms with Gasteiger partial charge >= 0.3 is 0 Å². The van der Waals surface area contributed by atoms with E-state index < -0.39 is 0 Å². The molecule has 1 unspecified atom stereocenters. The number of benzene rings is 1. The molecule has 0 saturated carbocycles. The van der Waals surface area contributed by atoms with Gasteiger partial charge in [0.2, 0.25) is 5.91 Å². The summed E-state index contributed by atoms with van der Waals surface area (Å²) < 4.78 is 4.04. The molecule has 0 fully saturated rings. The fourth-order valence-corrected chi connectivity index (χ4v) is 4.11. The number of fused-ring (bicyclic) bond motifs is 2. The Balaban J connectivity index is 1.29. The molecule has 1 aliphatic rings. The van der Waals surface area contributed by atoms with Crippen molar-refractivity contribution in [2.45, 2.75) is 52.2 Å². The van der Waals surface area contributed by atoms with Gasteiger partial charge in [0, 0.05) is 43.8 Å². The first kappa shape index (κ1) is 20.2. The SMILES string of the molecule is CC(C)NC(=O)c1cnn2c1CC(CNC(=O)CCn1ccc3ccccc31)CC2. The van der Waals surface area contributed by atoms with Crippen molar-refractivity contribution in [3.8, 4) is 0 Å². The van der Waals surface area contributed by atoms with Crippen LogP contribution < -0.4 is 10.6 Å². The van der Waals surface area contributed by atoms with Gasteiger partial charge in [0.1, 0.15) is 0 Å². The number of rotatable bonds is 7. The van der Waals surface area contributed by atoms with E-state index in [0.717, 1.165) is 30.6 Å². The summed E-state index contributed by atoms with van der Waals surface area (Å²) in [5, 5.41) is 11.6. The highest BCUT2D eigenvalue weighted by atomic mass is 16.2. The zero-order valence-corrected chi connectivity index (χ0v) is 17.6. The number of para-hydroxylation sites is 1. The highest BCUT2D eigenvalue weighted by molar-refractivity contribution is 5.95. The summed E-state index contributed by atoms with van der Waals surface area (Å²) in [6, 6.07) is 10.4. The van der Waals surface area contributed by atoms with Crippen molar-refractivity contribution in [3.05, 3.63) is 54.0 Å². The first-order chi connectivity index (χ1) is 14.5. The standard InChI is InChI=1S/C23H29N5O2/c1-16(2)26-23(30)19-15-25-28-12-7-17(13-21(19)28)14-24-22(29)9-11-27-10-8-18-5-3-4-6-20(18)27/h3-6,8,10,15-17H,7,9,11-14H2,1-2H3,(H,24,29)(H,26,30). The van der Waals surface area contributed by atoms with Crippen LogP contribution in [0.25, 0.3) is 10.9 Å². The number of aromatic nitrogens is 3. The van der Waals surface area contributed by atoms with Crippen molar-refractivity contribution in [3.63, 3.8) is 0 Å². The van der Waals surface area contributed by atoms with Crippen LogP contribution >= 0.6 is 0 Å². The number of aryl methyl sites for hydroxylation is 2. The van der Waals surface area contributed by atoms with Gasteiger partial charge in [-0.3, -0.25) is 14.3 Å². The minimum absolute atomic E-state index is 0.0598. The number of amides is 2. The van der Waals surface area contributed by atoms with E-state index >= 15 is 0 Å². The maximum Gasteiger partial charge on any atom is 0.254 e. The maximum atomic E-state index is 12.4. The van der Waals surface area contributed by atoms with Gasteiger partial charge in [-0.15, -0.1) is 0 Å². The Morgan fingerprint density at radius 3 is 2.90 bits per heavy atom. The van der Waals surface area contributed by atoms with Crippen LogP contribution in [0.5, 0.6) is 0 Å². The zero-order valence-electron chi connectivity index (χ0n) is 17.6. The molecule has 7 heteroatoms. The molecule has 1 aromatic carbocycles. The highest BCUT2D eigenvalue weighted by Gasteiger charge is 2.25. The lowest BCUT2D eigenvalue weighted by Crippen LogP contribution is -2.35. The normalized spacial score (nSPS) is 15.9. The third-order valence-corrected chi connectivity index (χ3v) is 5.69. The molecule has 158 valence electrons. The minimum atomic E-state index is -0.0742. The van der Waals surface area contributed by atoms with Crippen LogP contribution in [0, 0.1) is 5.92 Å². The predicted octanol–water partition coefficient (Wildman–Crippen LogP) is 2.74. The fraction of sp³-hybridized carbons (Fsp3) is 0.435. The number of carbonyl (C=O) groups excluding carboxylic acids is 2. The van der Waals surface area contributed by atoms with Crippen LogP contribution in [0.15, 0.2) is 42.7 Å². The molecular weight excluding hydrogens is 378 g/mol. The third-order valence-electron chi connectivity index (χ3n) is 5.69. The summed E-state index contributed by atoms with van der Waals surface area (Å²) in [4.78, 5) is 24.8. The summed E-state index contributed by atoms with van der Waals surface area (Å²) in [7, 11) is 0. The van der Waals surface area contributed by atoms with Crippen molar-refractivity contribution < 1.29 is 9.59 Å². The van der Waals surface area contributed by atoms with Crippen molar-refractivity contribution >= 4 is 22.7 Å². The van der Waals surface area contributed by atoms with Crippen LogP contribution in [0.4, 0.5) is 0 Å². The summed E-state index contributed by atoms with van der Waals surface area (Å²) in [6.07, 6.45) is 5.84. The lowest BCUT2D eigenvalue weighted by molar-refractivity contribution is -0.121. The lowest BCUT2D eigenvalue weighted by Gasteiger charge is -2.24. The van der Waals surface area contributed by atoms with E-state index in [1.165, 1.54) is 5.39 Å². The number of hydrogen-bond acceptors (Lipinski definition) is 3. The molecule has 3 heterocycles. The van der Waals surface area contributed by atoms with Crippen LogP contribution in [0.2, 0.25) is 0 Å². The smallest absolute Gasteiger partial charge is 0.254 e. The van der Waals surface area contributed by atoms with E-state index in [0.29, 0.717) is 31.0 Å². The molecule has 2 aromatic heterocycles. The third kappa shape index (κ3) is 4.40. The molecule has 3 aromatic rings. The van der Waals surface area contributed by atoms with E-state index in [1.807, 2.05) is 36.9 Å². The molecule has 7 nitrogen and oxygen atoms in total. The van der Waals surface area contributed by atoms with E-state index in [4.69, 9.17) is 0 Å². The molecule has 4 rings (SSSR count). The van der Waals surface area contributed by atoms with E-state index in [9.17, 15) is 9.59 Å². The monoisotopic (exact) mass is 407 g/mol. The molecule has 0 aliphatic carbocycles. The van der Waals surface area contributed by atoms with Crippen molar-refractivity contribution in [2.24, 2.45) is 5.92 Å². The van der Waals surface area contributed by atoms with Gasteiger partial charge < -0.3 is 15.2 Å². The molecule has 0 radical (unpaired) electrons. The second-order valence-corrected chi connectivity index (χ2v) is 8.34. The summed E-state index contributed by atoms with van der Waals surface area (Å²) in [5.74, 6) is 0.302. The molecule has 2 amide bonds. The first-order valence-electron chi connectivity index (χ1n) is 10.7. The van der Waals surface area contributed by atoms with Crippen molar-refractivity contribution in [2.75, 3.05) is 6.54 Å². The number of nitrogens with one attached hydrogen (secondary N) is 2. The van der Waals surface area contributed by atoms with Gasteiger partial charge in [-0.05, 0) is 50.1 Å². The van der Waals surface area contributed by atoms with Gasteiger partial charge in [0.15, 0.2) is 0 Å². The Bertz CT molecular complexity index is 1050. The Morgan fingerprint density at radius 1 is 1.23 bits per heavy atom. The van der Waals surface area contributed by atoms with Crippen molar-refractivity contribution in [1.29, 1.82) is 0 Å². The Kier molecular flexibility index (Phi) is 5.88. The molecule has 30 heavy (non-hydrogen) atoms. The lowest BCUT2D eigenvalue weighted by atomic mass is 9.94. The van der Waals surface area contributed by atoms with Gasteiger partial charge in [-0.2, -0.15) is 5.10 Å². The predicted molar refractivity (Wildman–Crippen MR) is 116 cm³/mol. The van der Waals surface area contributed by atoms with Gasteiger partial charge in [0.25, 0.3) is 5.91 Å². The number of nitrogens with zero attached hydrogens (tertiary/aromatic N) is 3. The molecule has 0 bridgehead atoms. The zero-order chi connectivity index (χ0) is 21.1. The number of carbonyl (C=O) groups is 2. The van der Waals surface area contributed by atoms with Crippen LogP contribution in [-0.4, -0.2) is 38.7 Å². The summed E-state index contributed by atoms with van der Waals surface area (Å²) in [5.41, 5.74) is 2.77. The second kappa shape index (κ2) is 8.73.